The number of nitrogens with zero attached hydrogens (tertiary/aromatic N) is 5. The van der Waals surface area contributed by atoms with Crippen LogP contribution in [0.5, 0.6) is 5.75 Å². The Hall–Kier alpha value is -2.37. The summed E-state index contributed by atoms with van der Waals surface area (Å²) in [6.07, 6.45) is 0. The maximum absolute atomic E-state index is 8.75. The number of benzene rings is 1. The number of hydrogen-bond donors (Lipinski definition) is 0. The van der Waals surface area contributed by atoms with Crippen LogP contribution in [-0.4, -0.2) is 32.6 Å². The lowest BCUT2D eigenvalue weighted by Crippen LogP contribution is -2.05. The highest BCUT2D eigenvalue weighted by molar-refractivity contribution is 7.99. The normalized spacial score (nSPS) is 10.4. The Morgan fingerprint density at radius 2 is 2.13 bits per heavy atom. The smallest absolute Gasteiger partial charge is 0.209 e. The Labute approximate surface area is 141 Å². The predicted octanol–water partition coefficient (Wildman–Crippen LogP) is 2.83. The first-order valence-electron chi connectivity index (χ1n) is 6.89. The molecule has 23 heavy (non-hydrogen) atoms. The third-order valence-corrected chi connectivity index (χ3v) is 4.73. The molecule has 2 heterocycles. The Morgan fingerprint density at radius 3 is 2.87 bits per heavy atom. The SMILES string of the molecule is N#Cc1ccc(OCCSc2nnnn2Cc2cccs2)cc1. The summed E-state index contributed by atoms with van der Waals surface area (Å²) in [5.74, 6) is 1.49. The Bertz CT molecular complexity index is 777. The number of hydrogen-bond acceptors (Lipinski definition) is 7. The molecule has 3 aromatic rings. The van der Waals surface area contributed by atoms with Crippen molar-refractivity contribution < 1.29 is 4.74 Å². The zero-order valence-corrected chi connectivity index (χ0v) is 13.8. The Balaban J connectivity index is 1.47. The van der Waals surface area contributed by atoms with Gasteiger partial charge in [-0.1, -0.05) is 17.8 Å². The van der Waals surface area contributed by atoms with E-state index in [0.29, 0.717) is 18.7 Å². The second-order valence-corrected chi connectivity index (χ2v) is 6.63. The minimum Gasteiger partial charge on any atom is -0.493 e. The monoisotopic (exact) mass is 343 g/mol. The van der Waals surface area contributed by atoms with E-state index in [0.717, 1.165) is 16.7 Å². The van der Waals surface area contributed by atoms with Crippen LogP contribution in [0.15, 0.2) is 46.9 Å². The van der Waals surface area contributed by atoms with Gasteiger partial charge < -0.3 is 4.74 Å². The molecule has 8 heteroatoms. The van der Waals surface area contributed by atoms with E-state index in [2.05, 4.69) is 27.7 Å². The summed E-state index contributed by atoms with van der Waals surface area (Å²) in [4.78, 5) is 1.22. The average Bonchev–Trinajstić information content (AvgIpc) is 3.25. The number of thiophene rings is 1. The van der Waals surface area contributed by atoms with Crippen molar-refractivity contribution in [1.82, 2.24) is 20.2 Å². The molecular formula is C15H13N5OS2. The largest absolute Gasteiger partial charge is 0.493 e. The number of aromatic nitrogens is 4. The lowest BCUT2D eigenvalue weighted by Gasteiger charge is -2.06. The van der Waals surface area contributed by atoms with Gasteiger partial charge in [0, 0.05) is 10.6 Å². The van der Waals surface area contributed by atoms with Crippen molar-refractivity contribution in [3.05, 3.63) is 52.2 Å². The number of nitriles is 1. The number of rotatable bonds is 7. The molecular weight excluding hydrogens is 330 g/mol. The van der Waals surface area contributed by atoms with E-state index in [-0.39, 0.29) is 0 Å². The lowest BCUT2D eigenvalue weighted by atomic mass is 10.2. The molecule has 6 nitrogen and oxygen atoms in total. The highest BCUT2D eigenvalue weighted by Gasteiger charge is 2.08. The Kier molecular flexibility index (Phi) is 5.24. The van der Waals surface area contributed by atoms with Crippen LogP contribution in [0.4, 0.5) is 0 Å². The zero-order chi connectivity index (χ0) is 15.9. The molecule has 2 aromatic heterocycles. The minimum atomic E-state index is 0.544. The van der Waals surface area contributed by atoms with Gasteiger partial charge in [-0.15, -0.1) is 16.4 Å². The molecule has 0 unspecified atom stereocenters. The van der Waals surface area contributed by atoms with Gasteiger partial charge in [-0.25, -0.2) is 4.68 Å². The van der Waals surface area contributed by atoms with Crippen molar-refractivity contribution >= 4 is 23.1 Å². The minimum absolute atomic E-state index is 0.544. The van der Waals surface area contributed by atoms with Crippen molar-refractivity contribution in [3.63, 3.8) is 0 Å². The van der Waals surface area contributed by atoms with Crippen molar-refractivity contribution in [2.75, 3.05) is 12.4 Å². The molecule has 116 valence electrons. The zero-order valence-electron chi connectivity index (χ0n) is 12.1. The summed E-state index contributed by atoms with van der Waals surface area (Å²) in [5, 5.41) is 23.4. The summed E-state index contributed by atoms with van der Waals surface area (Å²) < 4.78 is 7.43. The van der Waals surface area contributed by atoms with Crippen LogP contribution in [0.2, 0.25) is 0 Å². The summed E-state index contributed by atoms with van der Waals surface area (Å²) in [7, 11) is 0. The molecule has 0 atom stereocenters. The molecule has 0 saturated carbocycles. The summed E-state index contributed by atoms with van der Waals surface area (Å²) in [5.41, 5.74) is 0.625. The quantitative estimate of drug-likeness (QED) is 0.485. The van der Waals surface area contributed by atoms with Gasteiger partial charge in [0.05, 0.1) is 24.8 Å². The molecule has 3 rings (SSSR count). The van der Waals surface area contributed by atoms with E-state index < -0.39 is 0 Å². The van der Waals surface area contributed by atoms with Crippen molar-refractivity contribution in [2.45, 2.75) is 11.7 Å². The average molecular weight is 343 g/mol. The maximum Gasteiger partial charge on any atom is 0.209 e. The standard InChI is InChI=1S/C15H13N5OS2/c16-10-12-3-5-13(6-4-12)21-7-9-23-15-17-18-19-20(15)11-14-2-1-8-22-14/h1-6,8H,7,9,11H2. The molecule has 0 N–H and O–H groups in total. The summed E-state index contributed by atoms with van der Waals surface area (Å²) >= 11 is 3.24. The number of ether oxygens (including phenoxy) is 1. The number of tetrazole rings is 1. The van der Waals surface area contributed by atoms with E-state index in [4.69, 9.17) is 10.00 Å². The molecule has 0 aliphatic rings. The van der Waals surface area contributed by atoms with Gasteiger partial charge >= 0.3 is 0 Å². The third-order valence-electron chi connectivity index (χ3n) is 2.95. The van der Waals surface area contributed by atoms with E-state index in [9.17, 15) is 0 Å². The highest BCUT2D eigenvalue weighted by atomic mass is 32.2. The van der Waals surface area contributed by atoms with Crippen molar-refractivity contribution in [2.24, 2.45) is 0 Å². The van der Waals surface area contributed by atoms with Gasteiger partial charge in [0.25, 0.3) is 0 Å². The number of thioether (sulfide) groups is 1. The molecule has 1 aromatic carbocycles. The molecule has 0 aliphatic heterocycles. The summed E-state index contributed by atoms with van der Waals surface area (Å²) in [6, 6.07) is 13.2. The molecule has 0 radical (unpaired) electrons. The molecule has 0 saturated heterocycles. The van der Waals surface area contributed by atoms with Crippen molar-refractivity contribution in [1.29, 1.82) is 5.26 Å². The second-order valence-electron chi connectivity index (χ2n) is 4.53. The fourth-order valence-corrected chi connectivity index (χ4v) is 3.25. The van der Waals surface area contributed by atoms with Crippen LogP contribution in [-0.2, 0) is 6.54 Å². The summed E-state index contributed by atoms with van der Waals surface area (Å²) in [6.45, 7) is 1.23. The van der Waals surface area contributed by atoms with Crippen LogP contribution in [0.25, 0.3) is 0 Å². The topological polar surface area (TPSA) is 76.6 Å². The van der Waals surface area contributed by atoms with Gasteiger partial charge in [0.15, 0.2) is 0 Å². The first-order chi connectivity index (χ1) is 11.3. The van der Waals surface area contributed by atoms with Crippen LogP contribution in [0.1, 0.15) is 10.4 Å². The molecule has 0 amide bonds. The van der Waals surface area contributed by atoms with Crippen molar-refractivity contribution in [3.8, 4) is 11.8 Å². The van der Waals surface area contributed by atoms with Crippen LogP contribution < -0.4 is 4.74 Å². The Morgan fingerprint density at radius 1 is 1.26 bits per heavy atom. The van der Waals surface area contributed by atoms with E-state index in [1.165, 1.54) is 4.88 Å². The van der Waals surface area contributed by atoms with E-state index in [1.807, 2.05) is 11.4 Å². The molecule has 0 spiro atoms. The lowest BCUT2D eigenvalue weighted by molar-refractivity contribution is 0.344. The van der Waals surface area contributed by atoms with Gasteiger partial charge in [-0.3, -0.25) is 0 Å². The van der Waals surface area contributed by atoms with E-state index >= 15 is 0 Å². The molecule has 0 fully saturated rings. The highest BCUT2D eigenvalue weighted by Crippen LogP contribution is 2.18. The van der Waals surface area contributed by atoms with Gasteiger partial charge in [0.1, 0.15) is 5.75 Å². The van der Waals surface area contributed by atoms with Crippen LogP contribution in [0.3, 0.4) is 0 Å². The first-order valence-corrected chi connectivity index (χ1v) is 8.76. The van der Waals surface area contributed by atoms with Gasteiger partial charge in [-0.05, 0) is 46.1 Å². The fraction of sp³-hybridized carbons (Fsp3) is 0.200. The van der Waals surface area contributed by atoms with Gasteiger partial charge in [-0.2, -0.15) is 5.26 Å². The fourth-order valence-electron chi connectivity index (χ4n) is 1.87. The third kappa shape index (κ3) is 4.31. The predicted molar refractivity (Wildman–Crippen MR) is 88.6 cm³/mol. The van der Waals surface area contributed by atoms with Crippen LogP contribution >= 0.6 is 23.1 Å². The van der Waals surface area contributed by atoms with Gasteiger partial charge in [0.2, 0.25) is 5.16 Å². The first kappa shape index (κ1) is 15.5. The maximum atomic E-state index is 8.75. The van der Waals surface area contributed by atoms with E-state index in [1.54, 1.807) is 52.0 Å². The van der Waals surface area contributed by atoms with Crippen LogP contribution in [0, 0.1) is 11.3 Å². The second kappa shape index (κ2) is 7.76. The molecule has 0 bridgehead atoms. The molecule has 0 aliphatic carbocycles.